The summed E-state index contributed by atoms with van der Waals surface area (Å²) in [5.41, 5.74) is 0. The van der Waals surface area contributed by atoms with Gasteiger partial charge in [-0.05, 0) is 96.3 Å². The quantitative estimate of drug-likeness (QED) is 0.00887. The predicted molar refractivity (Wildman–Crippen MR) is 361 cm³/mol. The molecule has 3 aliphatic rings. The van der Waals surface area contributed by atoms with Crippen molar-refractivity contribution in [1.82, 2.24) is 0 Å². The van der Waals surface area contributed by atoms with Gasteiger partial charge in [0.1, 0.15) is 98.7 Å². The summed E-state index contributed by atoms with van der Waals surface area (Å²) in [5, 5.41) is 110. The van der Waals surface area contributed by atoms with E-state index in [0.29, 0.717) is 19.3 Å². The third-order valence-corrected chi connectivity index (χ3v) is 18.8. The number of aliphatic hydroxyl groups is 10. The monoisotopic (exact) mass is 1390 g/mol. The van der Waals surface area contributed by atoms with Crippen LogP contribution in [0.25, 0.3) is 0 Å². The van der Waals surface area contributed by atoms with Gasteiger partial charge in [0.25, 0.3) is 0 Å². The molecule has 2 saturated heterocycles. The lowest BCUT2D eigenvalue weighted by molar-refractivity contribution is -0.360. The van der Waals surface area contributed by atoms with Crippen molar-refractivity contribution in [3.8, 4) is 0 Å². The largest absolute Gasteiger partial charge is 0.472 e. The van der Waals surface area contributed by atoms with E-state index in [9.17, 15) is 74.9 Å². The van der Waals surface area contributed by atoms with Crippen molar-refractivity contribution in [2.24, 2.45) is 0 Å². The Kier molecular flexibility index (Phi) is 48.3. The molecule has 18 unspecified atom stereocenters. The van der Waals surface area contributed by atoms with E-state index in [-0.39, 0.29) is 19.3 Å². The Balaban J connectivity index is 1.76. The molecule has 2 aliphatic heterocycles. The number of unbranched alkanes of at least 4 members (excludes halogenated alkanes) is 29. The minimum Gasteiger partial charge on any atom is -0.463 e. The second-order valence-electron chi connectivity index (χ2n) is 26.3. The van der Waals surface area contributed by atoms with Gasteiger partial charge in [0.15, 0.2) is 18.7 Å². The fraction of sp³-hybridized carbons (Fsp3) is 0.873. The zero-order valence-electron chi connectivity index (χ0n) is 58.2. The first-order valence-electron chi connectivity index (χ1n) is 36.8. The lowest BCUT2D eigenvalue weighted by Gasteiger charge is -2.49. The second-order valence-corrected chi connectivity index (χ2v) is 27.7. The number of esters is 3. The van der Waals surface area contributed by atoms with E-state index in [2.05, 4.69) is 57.2 Å². The molecule has 0 amide bonds. The van der Waals surface area contributed by atoms with Gasteiger partial charge in [-0.1, -0.05) is 186 Å². The fourth-order valence-corrected chi connectivity index (χ4v) is 12.8. The van der Waals surface area contributed by atoms with E-state index in [1.807, 2.05) is 0 Å². The highest BCUT2D eigenvalue weighted by Crippen LogP contribution is 2.49. The molecule has 18 atom stereocenters. The van der Waals surface area contributed by atoms with Gasteiger partial charge in [-0.15, -0.1) is 0 Å². The molecule has 25 heteroatoms. The number of hydrogen-bond donors (Lipinski definition) is 11. The molecule has 0 aromatic carbocycles. The maximum atomic E-state index is 14.3. The topological polar surface area (TPSA) is 374 Å². The van der Waals surface area contributed by atoms with Gasteiger partial charge in [0.2, 0.25) is 0 Å². The van der Waals surface area contributed by atoms with Crippen LogP contribution in [0.5, 0.6) is 0 Å². The number of allylic oxidation sites excluding steroid dienone is 6. The average Bonchev–Trinajstić information content (AvgIpc) is 0.769. The number of rotatable bonds is 56. The Bertz CT molecular complexity index is 2140. The molecule has 24 nitrogen and oxygen atoms in total. The number of hydrogen-bond acceptors (Lipinski definition) is 23. The van der Waals surface area contributed by atoms with Crippen molar-refractivity contribution >= 4 is 25.7 Å². The number of aliphatic hydroxyl groups excluding tert-OH is 10. The molecular formula is C71H127O24P. The molecule has 560 valence electrons. The Morgan fingerprint density at radius 2 is 0.729 bits per heavy atom. The van der Waals surface area contributed by atoms with Crippen LogP contribution in [0, 0.1) is 0 Å². The highest BCUT2D eigenvalue weighted by molar-refractivity contribution is 7.47. The van der Waals surface area contributed by atoms with Crippen molar-refractivity contribution in [2.75, 3.05) is 26.4 Å². The summed E-state index contributed by atoms with van der Waals surface area (Å²) in [4.78, 5) is 50.9. The zero-order valence-corrected chi connectivity index (χ0v) is 59.0. The van der Waals surface area contributed by atoms with Gasteiger partial charge in [0, 0.05) is 19.3 Å². The van der Waals surface area contributed by atoms with Crippen molar-refractivity contribution in [3.63, 3.8) is 0 Å². The van der Waals surface area contributed by atoms with E-state index in [1.54, 1.807) is 0 Å². The molecule has 11 N–H and O–H groups in total. The van der Waals surface area contributed by atoms with Crippen LogP contribution in [0.2, 0.25) is 0 Å². The molecule has 1 aliphatic carbocycles. The normalized spacial score (nSPS) is 28.1. The van der Waals surface area contributed by atoms with E-state index >= 15 is 0 Å². The van der Waals surface area contributed by atoms with Gasteiger partial charge in [-0.2, -0.15) is 0 Å². The van der Waals surface area contributed by atoms with Crippen molar-refractivity contribution in [2.45, 2.75) is 369 Å². The van der Waals surface area contributed by atoms with Crippen LogP contribution in [0.4, 0.5) is 0 Å². The summed E-state index contributed by atoms with van der Waals surface area (Å²) in [7, 11) is -5.70. The summed E-state index contributed by atoms with van der Waals surface area (Å²) in [6.45, 7) is 3.36. The van der Waals surface area contributed by atoms with Crippen LogP contribution >= 0.6 is 7.82 Å². The minimum atomic E-state index is -5.70. The van der Waals surface area contributed by atoms with Gasteiger partial charge >= 0.3 is 25.7 Å². The van der Waals surface area contributed by atoms with E-state index in [4.69, 9.17) is 42.2 Å². The maximum Gasteiger partial charge on any atom is 0.472 e. The van der Waals surface area contributed by atoms with Gasteiger partial charge in [-0.25, -0.2) is 4.57 Å². The molecule has 2 heterocycles. The SMILES string of the molecule is CCCCCC/C=C\CCCCCCCCCC(=O)OC(COC(=O)CCCCC/C=C\CCCCCCCC)COP(=O)(O)OC1C(OC2OC(CO)C(O)C(O)C2O)C(O)C(O)C(O)C1OC1OC(COC(=O)CCCCC/C=C\CCCCCCCC)C(O)C(O)C1O. The lowest BCUT2D eigenvalue weighted by atomic mass is 9.84. The zero-order chi connectivity index (χ0) is 70.4. The van der Waals surface area contributed by atoms with Crippen LogP contribution in [0.1, 0.15) is 265 Å². The fourth-order valence-electron chi connectivity index (χ4n) is 11.8. The van der Waals surface area contributed by atoms with Crippen LogP contribution in [-0.4, -0.2) is 204 Å². The number of phosphoric acid groups is 1. The Hall–Kier alpha value is -2.82. The highest BCUT2D eigenvalue weighted by Gasteiger charge is 2.58. The molecule has 0 radical (unpaired) electrons. The van der Waals surface area contributed by atoms with Crippen molar-refractivity contribution in [1.29, 1.82) is 0 Å². The molecule has 3 rings (SSSR count). The number of carbonyl (C=O) groups excluding carboxylic acids is 3. The maximum absolute atomic E-state index is 14.3. The van der Waals surface area contributed by atoms with Gasteiger partial charge < -0.3 is 89.1 Å². The number of phosphoric ester groups is 1. The first-order chi connectivity index (χ1) is 46.3. The summed E-state index contributed by atoms with van der Waals surface area (Å²) >= 11 is 0. The van der Waals surface area contributed by atoms with Crippen molar-refractivity contribution < 1.29 is 117 Å². The Labute approximate surface area is 572 Å². The number of carbonyl (C=O) groups is 3. The van der Waals surface area contributed by atoms with Crippen LogP contribution < -0.4 is 0 Å². The molecule has 3 fully saturated rings. The molecule has 0 aromatic heterocycles. The Morgan fingerprint density at radius 1 is 0.396 bits per heavy atom. The molecular weight excluding hydrogens is 1270 g/mol. The van der Waals surface area contributed by atoms with E-state index in [1.165, 1.54) is 89.9 Å². The molecule has 0 aromatic rings. The third kappa shape index (κ3) is 36.2. The van der Waals surface area contributed by atoms with Gasteiger partial charge in [0.05, 0.1) is 13.2 Å². The van der Waals surface area contributed by atoms with E-state index in [0.717, 1.165) is 116 Å². The van der Waals surface area contributed by atoms with Gasteiger partial charge in [-0.3, -0.25) is 23.4 Å². The molecule has 0 spiro atoms. The first-order valence-corrected chi connectivity index (χ1v) is 38.3. The summed E-state index contributed by atoms with van der Waals surface area (Å²) in [6, 6.07) is 0. The molecule has 1 saturated carbocycles. The summed E-state index contributed by atoms with van der Waals surface area (Å²) < 4.78 is 64.9. The smallest absolute Gasteiger partial charge is 0.463 e. The summed E-state index contributed by atoms with van der Waals surface area (Å²) in [5.74, 6) is -2.03. The predicted octanol–water partition coefficient (Wildman–Crippen LogP) is 9.51. The first kappa shape index (κ1) is 87.4. The summed E-state index contributed by atoms with van der Waals surface area (Å²) in [6.07, 6.45) is 13.7. The van der Waals surface area contributed by atoms with Crippen LogP contribution in [-0.2, 0) is 61.2 Å². The Morgan fingerprint density at radius 3 is 1.15 bits per heavy atom. The van der Waals surface area contributed by atoms with Crippen molar-refractivity contribution in [3.05, 3.63) is 36.5 Å². The average molecular weight is 1400 g/mol. The minimum absolute atomic E-state index is 0.00638. The van der Waals surface area contributed by atoms with E-state index < -0.39 is 156 Å². The number of ether oxygens (including phenoxy) is 7. The van der Waals surface area contributed by atoms with Crippen LogP contribution in [0.15, 0.2) is 36.5 Å². The third-order valence-electron chi connectivity index (χ3n) is 17.9. The standard InChI is InChI=1S/C71H127O24P/c1-4-7-10-13-16-19-22-25-26-29-32-35-38-41-44-47-57(75)90-52(49-87-55(73)45-42-39-36-33-30-27-23-20-17-14-11-8-5-2)50-89-96(85,86)95-69-67(93-70-65(83)60(78)58(76)53(48-72)91-70)63(81)62(80)64(82)68(69)94-71-66(84)61(79)59(77)54(92-71)51-88-56(74)46-43-40-37-34-31-28-24-21-18-15-12-9-6-3/h19,22,27-28,30-31,52-54,58-72,76-84H,4-18,20-21,23-26,29,32-51H2,1-3H3,(H,85,86)/b22-19-,30-27-,31-28-. The highest BCUT2D eigenvalue weighted by atomic mass is 31.2. The molecule has 0 bridgehead atoms. The second kappa shape index (κ2) is 53.1. The lowest BCUT2D eigenvalue weighted by Crippen LogP contribution is -2.69. The van der Waals surface area contributed by atoms with Crippen LogP contribution in [0.3, 0.4) is 0 Å². The molecule has 96 heavy (non-hydrogen) atoms.